The normalized spacial score (nSPS) is 10.9. The number of methoxy groups -OCH3 is 1. The Labute approximate surface area is 148 Å². The Morgan fingerprint density at radius 3 is 2.67 bits per heavy atom. The number of carbonyl (C=O) groups excluding carboxylic acids is 1. The van der Waals surface area contributed by atoms with Gasteiger partial charge in [0.25, 0.3) is 5.91 Å². The van der Waals surface area contributed by atoms with Gasteiger partial charge >= 0.3 is 0 Å². The quantitative estimate of drug-likeness (QED) is 0.537. The van der Waals surface area contributed by atoms with Gasteiger partial charge in [-0.1, -0.05) is 46.3 Å². The Bertz CT molecular complexity index is 922. The maximum Gasteiger partial charge on any atom is 0.271 e. The molecule has 0 aliphatic heterocycles. The van der Waals surface area contributed by atoms with Crippen LogP contribution in [0.3, 0.4) is 0 Å². The SMILES string of the molecule is COc1ccc(Br)cc1/C=N\NC(=O)c1ccc2ccccc2c1. The van der Waals surface area contributed by atoms with Crippen LogP contribution in [0.25, 0.3) is 10.8 Å². The zero-order chi connectivity index (χ0) is 16.9. The molecule has 5 heteroatoms. The Morgan fingerprint density at radius 2 is 1.88 bits per heavy atom. The molecule has 0 spiro atoms. The van der Waals surface area contributed by atoms with E-state index >= 15 is 0 Å². The first kappa shape index (κ1) is 16.2. The van der Waals surface area contributed by atoms with Crippen molar-refractivity contribution in [3.63, 3.8) is 0 Å². The minimum atomic E-state index is -0.258. The zero-order valence-corrected chi connectivity index (χ0v) is 14.6. The lowest BCUT2D eigenvalue weighted by Gasteiger charge is -2.05. The lowest BCUT2D eigenvalue weighted by Crippen LogP contribution is -2.17. The van der Waals surface area contributed by atoms with E-state index in [1.165, 1.54) is 0 Å². The summed E-state index contributed by atoms with van der Waals surface area (Å²) < 4.78 is 6.17. The topological polar surface area (TPSA) is 50.7 Å². The fourth-order valence-corrected chi connectivity index (χ4v) is 2.74. The van der Waals surface area contributed by atoms with E-state index in [1.54, 1.807) is 19.4 Å². The molecule has 1 N–H and O–H groups in total. The van der Waals surface area contributed by atoms with Crippen LogP contribution in [-0.4, -0.2) is 19.2 Å². The summed E-state index contributed by atoms with van der Waals surface area (Å²) in [6, 6.07) is 19.0. The lowest BCUT2D eigenvalue weighted by atomic mass is 10.1. The Morgan fingerprint density at radius 1 is 1.08 bits per heavy atom. The molecule has 3 rings (SSSR count). The molecule has 0 heterocycles. The van der Waals surface area contributed by atoms with Crippen LogP contribution < -0.4 is 10.2 Å². The van der Waals surface area contributed by atoms with E-state index in [-0.39, 0.29) is 5.91 Å². The highest BCUT2D eigenvalue weighted by Crippen LogP contribution is 2.21. The van der Waals surface area contributed by atoms with Gasteiger partial charge in [0.15, 0.2) is 0 Å². The second kappa shape index (κ2) is 7.27. The van der Waals surface area contributed by atoms with Gasteiger partial charge < -0.3 is 4.74 Å². The third-order valence-corrected chi connectivity index (χ3v) is 4.07. The van der Waals surface area contributed by atoms with Gasteiger partial charge in [0.2, 0.25) is 0 Å². The van der Waals surface area contributed by atoms with Crippen LogP contribution in [0.15, 0.2) is 70.2 Å². The summed E-state index contributed by atoms with van der Waals surface area (Å²) in [6.45, 7) is 0. The maximum absolute atomic E-state index is 12.2. The highest BCUT2D eigenvalue weighted by atomic mass is 79.9. The molecule has 3 aromatic carbocycles. The van der Waals surface area contributed by atoms with Crippen molar-refractivity contribution in [2.75, 3.05) is 7.11 Å². The molecule has 120 valence electrons. The van der Waals surface area contributed by atoms with Crippen molar-refractivity contribution in [2.45, 2.75) is 0 Å². The third kappa shape index (κ3) is 3.63. The molecule has 0 aliphatic carbocycles. The minimum absolute atomic E-state index is 0.258. The summed E-state index contributed by atoms with van der Waals surface area (Å²) in [7, 11) is 1.59. The number of fused-ring (bicyclic) bond motifs is 1. The number of nitrogens with one attached hydrogen (secondary N) is 1. The van der Waals surface area contributed by atoms with E-state index in [1.807, 2.05) is 54.6 Å². The monoisotopic (exact) mass is 382 g/mol. The van der Waals surface area contributed by atoms with Crippen LogP contribution in [-0.2, 0) is 0 Å². The largest absolute Gasteiger partial charge is 0.496 e. The number of carbonyl (C=O) groups is 1. The molecule has 1 amide bonds. The van der Waals surface area contributed by atoms with Gasteiger partial charge in [-0.25, -0.2) is 5.43 Å². The minimum Gasteiger partial charge on any atom is -0.496 e. The second-order valence-electron chi connectivity index (χ2n) is 5.15. The van der Waals surface area contributed by atoms with E-state index in [9.17, 15) is 4.79 Å². The average molecular weight is 383 g/mol. The Balaban J connectivity index is 1.76. The van der Waals surface area contributed by atoms with Gasteiger partial charge in [0.1, 0.15) is 5.75 Å². The number of benzene rings is 3. The van der Waals surface area contributed by atoms with E-state index in [0.29, 0.717) is 11.3 Å². The first-order chi connectivity index (χ1) is 11.7. The highest BCUT2D eigenvalue weighted by molar-refractivity contribution is 9.10. The van der Waals surface area contributed by atoms with Gasteiger partial charge in [-0.05, 0) is 41.1 Å². The molecule has 4 nitrogen and oxygen atoms in total. The molecule has 0 saturated carbocycles. The van der Waals surface area contributed by atoms with Gasteiger partial charge in [0, 0.05) is 15.6 Å². The lowest BCUT2D eigenvalue weighted by molar-refractivity contribution is 0.0955. The summed E-state index contributed by atoms with van der Waals surface area (Å²) in [5.74, 6) is 0.424. The molecular formula is C19H15BrN2O2. The molecule has 0 bridgehead atoms. The molecule has 0 fully saturated rings. The number of amides is 1. The fraction of sp³-hybridized carbons (Fsp3) is 0.0526. The number of hydrazone groups is 1. The van der Waals surface area contributed by atoms with Gasteiger partial charge in [-0.3, -0.25) is 4.79 Å². The van der Waals surface area contributed by atoms with E-state index < -0.39 is 0 Å². The average Bonchev–Trinajstić information content (AvgIpc) is 2.61. The van der Waals surface area contributed by atoms with Crippen molar-refractivity contribution in [1.29, 1.82) is 0 Å². The van der Waals surface area contributed by atoms with Crippen molar-refractivity contribution in [3.8, 4) is 5.75 Å². The summed E-state index contributed by atoms with van der Waals surface area (Å²) in [4.78, 5) is 12.2. The second-order valence-corrected chi connectivity index (χ2v) is 6.06. The van der Waals surface area contributed by atoms with Gasteiger partial charge in [0.05, 0.1) is 13.3 Å². The predicted octanol–water partition coefficient (Wildman–Crippen LogP) is 4.37. The molecule has 0 aliphatic rings. The molecule has 0 aromatic heterocycles. The highest BCUT2D eigenvalue weighted by Gasteiger charge is 2.05. The maximum atomic E-state index is 12.2. The van der Waals surface area contributed by atoms with Crippen LogP contribution in [0.1, 0.15) is 15.9 Å². The van der Waals surface area contributed by atoms with Crippen molar-refractivity contribution in [1.82, 2.24) is 5.43 Å². The molecule has 24 heavy (non-hydrogen) atoms. The van der Waals surface area contributed by atoms with Gasteiger partial charge in [-0.15, -0.1) is 0 Å². The van der Waals surface area contributed by atoms with Crippen LogP contribution >= 0.6 is 15.9 Å². The smallest absolute Gasteiger partial charge is 0.271 e. The van der Waals surface area contributed by atoms with Crippen LogP contribution in [0, 0.1) is 0 Å². The van der Waals surface area contributed by atoms with E-state index in [0.717, 1.165) is 20.8 Å². The molecule has 0 atom stereocenters. The summed E-state index contributed by atoms with van der Waals surface area (Å²) >= 11 is 3.40. The molecule has 0 unspecified atom stereocenters. The number of halogens is 1. The van der Waals surface area contributed by atoms with Crippen molar-refractivity contribution < 1.29 is 9.53 Å². The summed E-state index contributed by atoms with van der Waals surface area (Å²) in [5, 5.41) is 6.13. The predicted molar refractivity (Wildman–Crippen MR) is 99.7 cm³/mol. The molecule has 3 aromatic rings. The number of ether oxygens (including phenoxy) is 1. The molecule has 0 saturated heterocycles. The zero-order valence-electron chi connectivity index (χ0n) is 13.0. The van der Waals surface area contributed by atoms with Gasteiger partial charge in [-0.2, -0.15) is 5.10 Å². The molecule has 0 radical (unpaired) electrons. The standard InChI is InChI=1S/C19H15BrN2O2/c1-24-18-9-8-17(20)11-16(18)12-21-22-19(23)15-7-6-13-4-2-3-5-14(13)10-15/h2-12H,1H3,(H,22,23)/b21-12-. The first-order valence-corrected chi connectivity index (χ1v) is 8.12. The molecular weight excluding hydrogens is 368 g/mol. The number of nitrogens with zero attached hydrogens (tertiary/aromatic N) is 1. The number of hydrogen-bond acceptors (Lipinski definition) is 3. The van der Waals surface area contributed by atoms with Crippen molar-refractivity contribution in [2.24, 2.45) is 5.10 Å². The third-order valence-electron chi connectivity index (χ3n) is 3.57. The van der Waals surface area contributed by atoms with Crippen LogP contribution in [0.5, 0.6) is 5.75 Å². The van der Waals surface area contributed by atoms with Crippen molar-refractivity contribution >= 4 is 38.8 Å². The number of hydrogen-bond donors (Lipinski definition) is 1. The number of rotatable bonds is 4. The Hall–Kier alpha value is -2.66. The van der Waals surface area contributed by atoms with Crippen LogP contribution in [0.4, 0.5) is 0 Å². The summed E-state index contributed by atoms with van der Waals surface area (Å²) in [5.41, 5.74) is 3.87. The van der Waals surface area contributed by atoms with E-state index in [4.69, 9.17) is 4.74 Å². The Kier molecular flexibility index (Phi) is 4.91. The van der Waals surface area contributed by atoms with Crippen molar-refractivity contribution in [3.05, 3.63) is 76.3 Å². The fourth-order valence-electron chi connectivity index (χ4n) is 2.36. The first-order valence-electron chi connectivity index (χ1n) is 7.33. The van der Waals surface area contributed by atoms with E-state index in [2.05, 4.69) is 26.5 Å². The summed E-state index contributed by atoms with van der Waals surface area (Å²) in [6.07, 6.45) is 1.56. The van der Waals surface area contributed by atoms with Crippen LogP contribution in [0.2, 0.25) is 0 Å².